The van der Waals surface area contributed by atoms with Crippen molar-refractivity contribution < 1.29 is 26.9 Å². The molecule has 0 bridgehead atoms. The van der Waals surface area contributed by atoms with E-state index in [-0.39, 0.29) is 6.61 Å². The lowest BCUT2D eigenvalue weighted by atomic mass is 9.93. The van der Waals surface area contributed by atoms with Crippen molar-refractivity contribution in [2.75, 3.05) is 19.5 Å². The number of nitrogens with one attached hydrogen (secondary N) is 1. The molecule has 0 aromatic rings. The SMILES string of the molecule is CC1(C)CC(OS(C)(=O)=O)C(NC(=O)OCC[Si](C)(C)C)CO1. The van der Waals surface area contributed by atoms with E-state index in [1.807, 2.05) is 13.8 Å². The quantitative estimate of drug-likeness (QED) is 0.570. The summed E-state index contributed by atoms with van der Waals surface area (Å²) in [6, 6.07) is 0.315. The zero-order valence-electron chi connectivity index (χ0n) is 14.8. The second kappa shape index (κ2) is 7.50. The van der Waals surface area contributed by atoms with Crippen LogP contribution in [0.3, 0.4) is 0 Å². The minimum absolute atomic E-state index is 0.177. The largest absolute Gasteiger partial charge is 0.450 e. The smallest absolute Gasteiger partial charge is 0.407 e. The first-order valence-electron chi connectivity index (χ1n) is 7.73. The average molecular weight is 368 g/mol. The van der Waals surface area contributed by atoms with Crippen molar-refractivity contribution in [1.82, 2.24) is 5.32 Å². The topological polar surface area (TPSA) is 90.9 Å². The van der Waals surface area contributed by atoms with Crippen LogP contribution in [0.4, 0.5) is 4.79 Å². The van der Waals surface area contributed by atoms with Crippen LogP contribution in [0.15, 0.2) is 0 Å². The molecule has 1 heterocycles. The van der Waals surface area contributed by atoms with E-state index in [1.165, 1.54) is 0 Å². The molecule has 1 N–H and O–H groups in total. The lowest BCUT2D eigenvalue weighted by molar-refractivity contribution is -0.104. The molecule has 1 rings (SSSR count). The van der Waals surface area contributed by atoms with E-state index in [0.717, 1.165) is 12.3 Å². The highest BCUT2D eigenvalue weighted by Crippen LogP contribution is 2.27. The molecule has 0 spiro atoms. The van der Waals surface area contributed by atoms with Crippen LogP contribution in [0.2, 0.25) is 25.7 Å². The van der Waals surface area contributed by atoms with Gasteiger partial charge in [-0.15, -0.1) is 0 Å². The Hall–Kier alpha value is -0.643. The van der Waals surface area contributed by atoms with Crippen LogP contribution in [0, 0.1) is 0 Å². The first-order valence-corrected chi connectivity index (χ1v) is 13.3. The van der Waals surface area contributed by atoms with Gasteiger partial charge in [0.2, 0.25) is 0 Å². The summed E-state index contributed by atoms with van der Waals surface area (Å²) >= 11 is 0. The molecule has 1 aliphatic rings. The summed E-state index contributed by atoms with van der Waals surface area (Å²) in [6.07, 6.45) is 0.121. The van der Waals surface area contributed by atoms with Crippen LogP contribution in [-0.4, -0.2) is 59.8 Å². The molecule has 1 aliphatic heterocycles. The fraction of sp³-hybridized carbons (Fsp3) is 0.929. The van der Waals surface area contributed by atoms with Crippen LogP contribution >= 0.6 is 0 Å². The van der Waals surface area contributed by atoms with Gasteiger partial charge in [-0.05, 0) is 19.9 Å². The normalized spacial score (nSPS) is 25.0. The number of carbonyl (C=O) groups is 1. The van der Waals surface area contributed by atoms with Crippen LogP contribution in [0.1, 0.15) is 20.3 Å². The minimum Gasteiger partial charge on any atom is -0.450 e. The third kappa shape index (κ3) is 8.68. The lowest BCUT2D eigenvalue weighted by Gasteiger charge is -2.39. The molecule has 9 heteroatoms. The van der Waals surface area contributed by atoms with Crippen molar-refractivity contribution in [3.05, 3.63) is 0 Å². The zero-order valence-corrected chi connectivity index (χ0v) is 16.7. The molecule has 23 heavy (non-hydrogen) atoms. The van der Waals surface area contributed by atoms with Gasteiger partial charge in [0.25, 0.3) is 10.1 Å². The maximum Gasteiger partial charge on any atom is 0.407 e. The molecule has 1 fully saturated rings. The van der Waals surface area contributed by atoms with Gasteiger partial charge in [-0.25, -0.2) is 4.79 Å². The minimum atomic E-state index is -3.62. The summed E-state index contributed by atoms with van der Waals surface area (Å²) in [7, 11) is -4.90. The highest BCUT2D eigenvalue weighted by atomic mass is 32.2. The molecule has 0 saturated carbocycles. The molecule has 0 aromatic carbocycles. The average Bonchev–Trinajstić information content (AvgIpc) is 2.28. The number of hydrogen-bond donors (Lipinski definition) is 1. The van der Waals surface area contributed by atoms with Crippen LogP contribution in [0.25, 0.3) is 0 Å². The fourth-order valence-electron chi connectivity index (χ4n) is 2.21. The molecule has 7 nitrogen and oxygen atoms in total. The fourth-order valence-corrected chi connectivity index (χ4v) is 3.58. The van der Waals surface area contributed by atoms with Gasteiger partial charge < -0.3 is 14.8 Å². The van der Waals surface area contributed by atoms with Gasteiger partial charge in [-0.3, -0.25) is 4.18 Å². The Bertz CT molecular complexity index is 514. The summed E-state index contributed by atoms with van der Waals surface area (Å²) in [6.45, 7) is 10.8. The van der Waals surface area contributed by atoms with Crippen LogP contribution < -0.4 is 5.32 Å². The molecule has 136 valence electrons. The van der Waals surface area contributed by atoms with E-state index in [1.54, 1.807) is 0 Å². The van der Waals surface area contributed by atoms with Crippen molar-refractivity contribution >= 4 is 24.3 Å². The number of alkyl carbamates (subject to hydrolysis) is 1. The molecular weight excluding hydrogens is 338 g/mol. The molecule has 1 amide bonds. The molecule has 2 atom stereocenters. The first kappa shape index (κ1) is 20.4. The third-order valence-corrected chi connectivity index (χ3v) is 5.78. The Morgan fingerprint density at radius 2 is 1.96 bits per heavy atom. The van der Waals surface area contributed by atoms with Gasteiger partial charge in [-0.2, -0.15) is 8.42 Å². The summed E-state index contributed by atoms with van der Waals surface area (Å²) in [5.74, 6) is 0. The van der Waals surface area contributed by atoms with Gasteiger partial charge in [0.05, 0.1) is 31.1 Å². The predicted molar refractivity (Wildman–Crippen MR) is 90.8 cm³/mol. The molecule has 0 aromatic heterocycles. The Kier molecular flexibility index (Phi) is 6.65. The van der Waals surface area contributed by atoms with Gasteiger partial charge in [0.1, 0.15) is 6.10 Å². The number of carbonyl (C=O) groups excluding carboxylic acids is 1. The second-order valence-electron chi connectivity index (χ2n) is 7.81. The maximum absolute atomic E-state index is 11.9. The van der Waals surface area contributed by atoms with Crippen molar-refractivity contribution in [2.45, 2.75) is 63.7 Å². The number of rotatable bonds is 6. The standard InChI is InChI=1S/C14H29NO6SSi/c1-14(2)9-12(21-22(3,17)18)11(10-20-14)15-13(16)19-7-8-23(4,5)6/h11-12H,7-10H2,1-6H3,(H,15,16). The van der Waals surface area contributed by atoms with Crippen molar-refractivity contribution in [2.24, 2.45) is 0 Å². The number of ether oxygens (including phenoxy) is 2. The van der Waals surface area contributed by atoms with E-state index in [9.17, 15) is 13.2 Å². The van der Waals surface area contributed by atoms with Crippen molar-refractivity contribution in [1.29, 1.82) is 0 Å². The van der Waals surface area contributed by atoms with Crippen molar-refractivity contribution in [3.63, 3.8) is 0 Å². The lowest BCUT2D eigenvalue weighted by Crippen LogP contribution is -2.55. The van der Waals surface area contributed by atoms with Gasteiger partial charge >= 0.3 is 6.09 Å². The third-order valence-electron chi connectivity index (χ3n) is 3.48. The first-order chi connectivity index (χ1) is 10.3. The predicted octanol–water partition coefficient (Wildman–Crippen LogP) is 1.96. The van der Waals surface area contributed by atoms with Crippen LogP contribution in [-0.2, 0) is 23.8 Å². The molecule has 0 radical (unpaired) electrons. The Labute approximate surface area is 140 Å². The van der Waals surface area contributed by atoms with E-state index >= 15 is 0 Å². The maximum atomic E-state index is 11.9. The van der Waals surface area contributed by atoms with Gasteiger partial charge in [0, 0.05) is 14.5 Å². The van der Waals surface area contributed by atoms with Gasteiger partial charge in [0.15, 0.2) is 0 Å². The highest BCUT2D eigenvalue weighted by molar-refractivity contribution is 7.86. The summed E-state index contributed by atoms with van der Waals surface area (Å²) in [4.78, 5) is 11.9. The molecular formula is C14H29NO6SSi. The van der Waals surface area contributed by atoms with E-state index < -0.39 is 42.0 Å². The highest BCUT2D eigenvalue weighted by Gasteiger charge is 2.39. The Morgan fingerprint density at radius 1 is 1.35 bits per heavy atom. The number of amides is 1. The van der Waals surface area contributed by atoms with Gasteiger partial charge in [-0.1, -0.05) is 19.6 Å². The monoisotopic (exact) mass is 367 g/mol. The summed E-state index contributed by atoms with van der Waals surface area (Å²) in [5.41, 5.74) is -0.505. The van der Waals surface area contributed by atoms with E-state index in [2.05, 4.69) is 25.0 Å². The molecule has 0 aliphatic carbocycles. The van der Waals surface area contributed by atoms with E-state index in [4.69, 9.17) is 13.7 Å². The molecule has 1 saturated heterocycles. The summed E-state index contributed by atoms with van der Waals surface area (Å²) in [5, 5.41) is 2.66. The Balaban J connectivity index is 2.59. The zero-order chi connectivity index (χ0) is 17.9. The molecule has 2 unspecified atom stereocenters. The second-order valence-corrected chi connectivity index (χ2v) is 15.0. The number of hydrogen-bond acceptors (Lipinski definition) is 6. The summed E-state index contributed by atoms with van der Waals surface area (Å²) < 4.78 is 38.8. The Morgan fingerprint density at radius 3 is 2.48 bits per heavy atom. The van der Waals surface area contributed by atoms with Crippen LogP contribution in [0.5, 0.6) is 0 Å². The van der Waals surface area contributed by atoms with E-state index in [0.29, 0.717) is 13.0 Å². The van der Waals surface area contributed by atoms with Crippen molar-refractivity contribution in [3.8, 4) is 0 Å².